The number of aliphatic hydroxyl groups excluding tert-OH is 6. The minimum atomic E-state index is -1.60. The maximum absolute atomic E-state index is 11.4. The molecule has 4 heterocycles. The molecule has 20 atom stereocenters. The summed E-state index contributed by atoms with van der Waals surface area (Å²) in [6.45, 7) is -0.768. The third-order valence-corrected chi connectivity index (χ3v) is 10.9. The molecule has 0 bridgehead atoms. The van der Waals surface area contributed by atoms with Crippen LogP contribution in [0.5, 0.6) is 0 Å². The Morgan fingerprint density at radius 1 is 0.642 bits per heavy atom. The Morgan fingerprint density at radius 3 is 2.06 bits per heavy atom. The zero-order valence-corrected chi connectivity index (χ0v) is 28.8. The van der Waals surface area contributed by atoms with Gasteiger partial charge in [-0.05, 0) is 17.2 Å². The van der Waals surface area contributed by atoms with Crippen molar-refractivity contribution < 1.29 is 68.5 Å². The predicted octanol–water partition coefficient (Wildman–Crippen LogP) is -4.95. The third kappa shape index (κ3) is 7.47. The van der Waals surface area contributed by atoms with E-state index in [1.807, 2.05) is 42.5 Å². The first-order valence-electron chi connectivity index (χ1n) is 17.8. The number of hydrogen-bond acceptors (Lipinski definition) is 19. The quantitative estimate of drug-likeness (QED) is 0.114. The molecule has 0 amide bonds. The smallest absolute Gasteiger partial charge is 0.187 e. The van der Waals surface area contributed by atoms with Crippen LogP contribution >= 0.6 is 0 Å². The molecule has 53 heavy (non-hydrogen) atoms. The highest BCUT2D eigenvalue weighted by Gasteiger charge is 2.55. The van der Waals surface area contributed by atoms with E-state index in [2.05, 4.69) is 0 Å². The third-order valence-electron chi connectivity index (χ3n) is 10.9. The van der Waals surface area contributed by atoms with Gasteiger partial charge in [0.25, 0.3) is 0 Å². The van der Waals surface area contributed by atoms with Gasteiger partial charge in [0.1, 0.15) is 67.1 Å². The van der Waals surface area contributed by atoms with E-state index < -0.39 is 129 Å². The fraction of sp³-hybridized carbons (Fsp3) is 0.706. The van der Waals surface area contributed by atoms with E-state index in [0.717, 1.165) is 16.3 Å². The molecule has 0 radical (unpaired) electrons. The van der Waals surface area contributed by atoms with Gasteiger partial charge in [0.05, 0.1) is 31.4 Å². The van der Waals surface area contributed by atoms with Gasteiger partial charge >= 0.3 is 0 Å². The summed E-state index contributed by atoms with van der Waals surface area (Å²) in [5, 5.41) is 66.7. The van der Waals surface area contributed by atoms with Gasteiger partial charge in [0.2, 0.25) is 0 Å². The van der Waals surface area contributed by atoms with Crippen LogP contribution in [0.1, 0.15) is 18.3 Å². The molecular weight excluding hydrogens is 702 g/mol. The Hall–Kier alpha value is -2.06. The van der Waals surface area contributed by atoms with Crippen molar-refractivity contribution in [3.63, 3.8) is 0 Å². The lowest BCUT2D eigenvalue weighted by Crippen LogP contribution is -2.69. The van der Waals surface area contributed by atoms with Crippen LogP contribution < -0.4 is 28.7 Å². The van der Waals surface area contributed by atoms with E-state index in [1.54, 1.807) is 0 Å². The topological polar surface area (TPSA) is 325 Å². The fourth-order valence-corrected chi connectivity index (χ4v) is 7.82. The number of fused-ring (bicyclic) bond motifs is 2. The highest BCUT2D eigenvalue weighted by Crippen LogP contribution is 2.38. The first-order valence-corrected chi connectivity index (χ1v) is 17.8. The van der Waals surface area contributed by atoms with Gasteiger partial charge in [-0.25, -0.2) is 0 Å². The van der Waals surface area contributed by atoms with Crippen molar-refractivity contribution in [3.8, 4) is 0 Å². The zero-order chi connectivity index (χ0) is 37.7. The molecule has 5 aliphatic rings. The van der Waals surface area contributed by atoms with Gasteiger partial charge in [-0.2, -0.15) is 0 Å². The van der Waals surface area contributed by atoms with E-state index >= 15 is 0 Å². The van der Waals surface area contributed by atoms with Crippen LogP contribution in [-0.2, 0) is 37.9 Å². The van der Waals surface area contributed by atoms with Crippen LogP contribution in [0.25, 0.3) is 10.8 Å². The highest BCUT2D eigenvalue weighted by atomic mass is 16.8. The van der Waals surface area contributed by atoms with E-state index in [1.165, 1.54) is 0 Å². The van der Waals surface area contributed by atoms with E-state index in [-0.39, 0.29) is 19.6 Å². The van der Waals surface area contributed by atoms with Crippen LogP contribution in [0.3, 0.4) is 0 Å². The van der Waals surface area contributed by atoms with Gasteiger partial charge in [0.15, 0.2) is 25.2 Å². The van der Waals surface area contributed by atoms with Crippen molar-refractivity contribution in [1.82, 2.24) is 0 Å². The Kier molecular flexibility index (Phi) is 12.0. The highest BCUT2D eigenvalue weighted by molar-refractivity contribution is 5.85. The van der Waals surface area contributed by atoms with Crippen molar-refractivity contribution in [1.29, 1.82) is 0 Å². The lowest BCUT2D eigenvalue weighted by atomic mass is 9.84. The normalized spacial score (nSPS) is 47.8. The molecule has 1 saturated carbocycles. The minimum absolute atomic E-state index is 0.0365. The Morgan fingerprint density at radius 2 is 1.30 bits per heavy atom. The summed E-state index contributed by atoms with van der Waals surface area (Å²) < 4.78 is 48.2. The molecule has 5 fully saturated rings. The standard InChI is InChI=1S/C34H51N5O14/c35-9-17-23(42)24(43)20(38)32(47-17)52-28-18(10-40)48-34(26(28)45)53-30-22(41)15(36)8-16(37)27(30)50-33-21(39)25(44)29-19(49-33)11-46-31(51-29)14-7-3-5-12-4-1-2-6-13(12)14/h1-7,15-34,40-45H,8-11,35-39H2/t15-,16+,17+,18+,19+,20-,21+,22+,23-,24-,25+,26+,27-,28+,29+,30-,31+,32-,33+,34-/m0/s1. The summed E-state index contributed by atoms with van der Waals surface area (Å²) in [7, 11) is 0. The van der Waals surface area contributed by atoms with Crippen LogP contribution in [-0.4, -0.2) is 167 Å². The van der Waals surface area contributed by atoms with Gasteiger partial charge in [-0.15, -0.1) is 0 Å². The van der Waals surface area contributed by atoms with E-state index in [0.29, 0.717) is 0 Å². The van der Waals surface area contributed by atoms with Gasteiger partial charge in [-0.1, -0.05) is 42.5 Å². The second-order valence-electron chi connectivity index (χ2n) is 14.4. The molecule has 19 heteroatoms. The lowest BCUT2D eigenvalue weighted by molar-refractivity contribution is -0.355. The monoisotopic (exact) mass is 753 g/mol. The number of ether oxygens (including phenoxy) is 8. The number of hydrogen-bond donors (Lipinski definition) is 11. The average molecular weight is 754 g/mol. The molecular formula is C34H51N5O14. The Bertz CT molecular complexity index is 1530. The average Bonchev–Trinajstić information content (AvgIpc) is 3.46. The lowest BCUT2D eigenvalue weighted by Gasteiger charge is -2.49. The summed E-state index contributed by atoms with van der Waals surface area (Å²) in [6, 6.07) is 9.47. The van der Waals surface area contributed by atoms with Crippen molar-refractivity contribution >= 4 is 10.8 Å². The molecule has 0 spiro atoms. The second kappa shape index (κ2) is 16.2. The first-order chi connectivity index (χ1) is 25.4. The molecule has 0 unspecified atom stereocenters. The summed E-state index contributed by atoms with van der Waals surface area (Å²) in [5.74, 6) is 0. The maximum Gasteiger partial charge on any atom is 0.187 e. The molecule has 4 saturated heterocycles. The fourth-order valence-electron chi connectivity index (χ4n) is 7.82. The SMILES string of the molecule is NC[C@H]1O[C@@H](O[C@H]2[C@@H](O)[C@H](O[C@H]3[C@H](O)[C@@H](N)C[C@@H](N)[C@@H]3O[C@H]3O[C@@H]4CO[C@@H](c5cccc6ccccc56)O[C@H]4[C@H](O)[C@H]3N)O[C@@H]2CO)[C@@H](N)[C@H](O)[C@H]1O. The Labute approximate surface area is 304 Å². The molecule has 7 rings (SSSR count). The van der Waals surface area contributed by atoms with Crippen molar-refractivity contribution in [2.75, 3.05) is 19.8 Å². The zero-order valence-electron chi connectivity index (χ0n) is 28.8. The van der Waals surface area contributed by atoms with Crippen LogP contribution in [0.15, 0.2) is 42.5 Å². The number of benzene rings is 2. The van der Waals surface area contributed by atoms with E-state index in [9.17, 15) is 30.6 Å². The Balaban J connectivity index is 1.04. The van der Waals surface area contributed by atoms with Gasteiger partial charge < -0.3 is 97.2 Å². The largest absolute Gasteiger partial charge is 0.394 e. The molecule has 1 aliphatic carbocycles. The maximum atomic E-state index is 11.4. The number of aliphatic hydroxyl groups is 6. The molecule has 2 aromatic carbocycles. The van der Waals surface area contributed by atoms with Crippen molar-refractivity contribution in [2.45, 2.75) is 129 Å². The summed E-state index contributed by atoms with van der Waals surface area (Å²) in [6.07, 6.45) is -19.6. The summed E-state index contributed by atoms with van der Waals surface area (Å²) in [4.78, 5) is 0. The predicted molar refractivity (Wildman–Crippen MR) is 181 cm³/mol. The number of nitrogens with two attached hydrogens (primary N) is 5. The van der Waals surface area contributed by atoms with Crippen LogP contribution in [0.4, 0.5) is 0 Å². The minimum Gasteiger partial charge on any atom is -0.394 e. The first kappa shape index (κ1) is 39.2. The molecule has 16 N–H and O–H groups in total. The van der Waals surface area contributed by atoms with E-state index in [4.69, 9.17) is 66.6 Å². The summed E-state index contributed by atoms with van der Waals surface area (Å²) >= 11 is 0. The van der Waals surface area contributed by atoms with Crippen molar-refractivity contribution in [3.05, 3.63) is 48.0 Å². The number of rotatable bonds is 9. The second-order valence-corrected chi connectivity index (χ2v) is 14.4. The van der Waals surface area contributed by atoms with Gasteiger partial charge in [-0.3, -0.25) is 0 Å². The van der Waals surface area contributed by atoms with Crippen LogP contribution in [0, 0.1) is 0 Å². The molecule has 2 aromatic rings. The molecule has 296 valence electrons. The molecule has 4 aliphatic heterocycles. The summed E-state index contributed by atoms with van der Waals surface area (Å²) in [5.41, 5.74) is 31.7. The van der Waals surface area contributed by atoms with Crippen LogP contribution in [0.2, 0.25) is 0 Å². The van der Waals surface area contributed by atoms with Crippen molar-refractivity contribution in [2.24, 2.45) is 28.7 Å². The molecule has 0 aromatic heterocycles. The van der Waals surface area contributed by atoms with Gasteiger partial charge in [0, 0.05) is 24.2 Å². The molecule has 19 nitrogen and oxygen atoms in total.